The SMILES string of the molecule is CN=C(NCCCCC1CCCC1)N1CCN(CC(=O)NCCOC)CC1. The molecule has 0 aromatic rings. The molecule has 1 saturated heterocycles. The average molecular weight is 382 g/mol. The second kappa shape index (κ2) is 12.9. The van der Waals surface area contributed by atoms with Crippen molar-refractivity contribution in [3.63, 3.8) is 0 Å². The molecule has 1 aliphatic carbocycles. The molecule has 1 amide bonds. The Kier molecular flexibility index (Phi) is 10.5. The number of methoxy groups -OCH3 is 1. The molecule has 2 N–H and O–H groups in total. The van der Waals surface area contributed by atoms with Crippen molar-refractivity contribution in [3.05, 3.63) is 0 Å². The molecular formula is C20H39N5O2. The number of amides is 1. The van der Waals surface area contributed by atoms with Crippen LogP contribution in [-0.2, 0) is 9.53 Å². The molecule has 1 aliphatic heterocycles. The summed E-state index contributed by atoms with van der Waals surface area (Å²) in [4.78, 5) is 20.8. The lowest BCUT2D eigenvalue weighted by Gasteiger charge is -2.36. The molecule has 1 saturated carbocycles. The van der Waals surface area contributed by atoms with E-state index in [1.54, 1.807) is 7.11 Å². The van der Waals surface area contributed by atoms with Gasteiger partial charge in [0.2, 0.25) is 5.91 Å². The van der Waals surface area contributed by atoms with Gasteiger partial charge in [0.05, 0.1) is 13.2 Å². The lowest BCUT2D eigenvalue weighted by atomic mass is 10.0. The van der Waals surface area contributed by atoms with Crippen LogP contribution in [0.15, 0.2) is 4.99 Å². The van der Waals surface area contributed by atoms with Crippen molar-refractivity contribution >= 4 is 11.9 Å². The zero-order chi connectivity index (χ0) is 19.3. The van der Waals surface area contributed by atoms with Crippen LogP contribution in [0.5, 0.6) is 0 Å². The van der Waals surface area contributed by atoms with E-state index in [4.69, 9.17) is 4.74 Å². The van der Waals surface area contributed by atoms with Crippen molar-refractivity contribution < 1.29 is 9.53 Å². The first-order chi connectivity index (χ1) is 13.2. The van der Waals surface area contributed by atoms with Crippen molar-refractivity contribution in [2.24, 2.45) is 10.9 Å². The molecule has 0 unspecified atom stereocenters. The maximum atomic E-state index is 11.9. The third-order valence-electron chi connectivity index (χ3n) is 5.68. The Hall–Kier alpha value is -1.34. The maximum Gasteiger partial charge on any atom is 0.234 e. The van der Waals surface area contributed by atoms with E-state index < -0.39 is 0 Å². The van der Waals surface area contributed by atoms with Crippen molar-refractivity contribution in [2.75, 3.05) is 66.6 Å². The Morgan fingerprint density at radius 3 is 2.48 bits per heavy atom. The molecule has 0 spiro atoms. The molecule has 156 valence electrons. The molecule has 0 bridgehead atoms. The number of aliphatic imine (C=N–C) groups is 1. The van der Waals surface area contributed by atoms with Crippen LogP contribution < -0.4 is 10.6 Å². The van der Waals surface area contributed by atoms with E-state index in [1.807, 2.05) is 7.05 Å². The Labute approximate surface area is 164 Å². The zero-order valence-electron chi connectivity index (χ0n) is 17.3. The molecule has 27 heavy (non-hydrogen) atoms. The fourth-order valence-electron chi connectivity index (χ4n) is 4.06. The third-order valence-corrected chi connectivity index (χ3v) is 5.68. The predicted molar refractivity (Wildman–Crippen MR) is 110 cm³/mol. The number of nitrogens with one attached hydrogen (secondary N) is 2. The van der Waals surface area contributed by atoms with E-state index >= 15 is 0 Å². The first-order valence-corrected chi connectivity index (χ1v) is 10.7. The summed E-state index contributed by atoms with van der Waals surface area (Å²) in [6.07, 6.45) is 9.71. The van der Waals surface area contributed by atoms with Gasteiger partial charge in [0, 0.05) is 53.4 Å². The zero-order valence-corrected chi connectivity index (χ0v) is 17.3. The molecule has 1 heterocycles. The van der Waals surface area contributed by atoms with E-state index in [2.05, 4.69) is 25.4 Å². The Morgan fingerprint density at radius 1 is 1.07 bits per heavy atom. The number of piperazine rings is 1. The van der Waals surface area contributed by atoms with E-state index in [1.165, 1.54) is 44.9 Å². The van der Waals surface area contributed by atoms with Gasteiger partial charge in [0.1, 0.15) is 0 Å². The fourth-order valence-corrected chi connectivity index (χ4v) is 4.06. The normalized spacial score (nSPS) is 19.5. The fraction of sp³-hybridized carbons (Fsp3) is 0.900. The minimum absolute atomic E-state index is 0.0743. The average Bonchev–Trinajstić information content (AvgIpc) is 3.19. The van der Waals surface area contributed by atoms with Crippen LogP contribution in [0.1, 0.15) is 44.9 Å². The van der Waals surface area contributed by atoms with Gasteiger partial charge in [-0.2, -0.15) is 0 Å². The van der Waals surface area contributed by atoms with Gasteiger partial charge in [-0.1, -0.05) is 38.5 Å². The second-order valence-electron chi connectivity index (χ2n) is 7.73. The van der Waals surface area contributed by atoms with Crippen LogP contribution in [0, 0.1) is 5.92 Å². The Balaban J connectivity index is 1.56. The number of hydrogen-bond acceptors (Lipinski definition) is 4. The van der Waals surface area contributed by atoms with Gasteiger partial charge in [-0.25, -0.2) is 0 Å². The number of carbonyl (C=O) groups excluding carboxylic acids is 1. The number of guanidine groups is 1. The largest absolute Gasteiger partial charge is 0.383 e. The van der Waals surface area contributed by atoms with Gasteiger partial charge in [-0.3, -0.25) is 14.7 Å². The summed E-state index contributed by atoms with van der Waals surface area (Å²) in [5.74, 6) is 2.06. The summed E-state index contributed by atoms with van der Waals surface area (Å²) >= 11 is 0. The minimum atomic E-state index is 0.0743. The van der Waals surface area contributed by atoms with Gasteiger partial charge in [0.25, 0.3) is 0 Å². The van der Waals surface area contributed by atoms with Crippen LogP contribution in [-0.4, -0.2) is 88.2 Å². The molecule has 7 nitrogen and oxygen atoms in total. The topological polar surface area (TPSA) is 69.2 Å². The number of unbranched alkanes of at least 4 members (excludes halogenated alkanes) is 1. The van der Waals surface area contributed by atoms with Crippen LogP contribution in [0.4, 0.5) is 0 Å². The smallest absolute Gasteiger partial charge is 0.234 e. The molecular weight excluding hydrogens is 342 g/mol. The summed E-state index contributed by atoms with van der Waals surface area (Å²) in [7, 11) is 3.50. The number of hydrogen-bond donors (Lipinski definition) is 2. The van der Waals surface area contributed by atoms with Crippen molar-refractivity contribution in [3.8, 4) is 0 Å². The maximum absolute atomic E-state index is 11.9. The highest BCUT2D eigenvalue weighted by molar-refractivity contribution is 5.80. The number of rotatable bonds is 10. The Morgan fingerprint density at radius 2 is 1.81 bits per heavy atom. The van der Waals surface area contributed by atoms with Crippen LogP contribution >= 0.6 is 0 Å². The molecule has 0 aromatic heterocycles. The van der Waals surface area contributed by atoms with Crippen molar-refractivity contribution in [1.82, 2.24) is 20.4 Å². The predicted octanol–water partition coefficient (Wildman–Crippen LogP) is 1.30. The van der Waals surface area contributed by atoms with Crippen molar-refractivity contribution in [1.29, 1.82) is 0 Å². The molecule has 2 rings (SSSR count). The highest BCUT2D eigenvalue weighted by Crippen LogP contribution is 2.28. The highest BCUT2D eigenvalue weighted by Gasteiger charge is 2.21. The number of ether oxygens (including phenoxy) is 1. The molecule has 2 fully saturated rings. The Bertz CT molecular complexity index is 444. The third kappa shape index (κ3) is 8.47. The first-order valence-electron chi connectivity index (χ1n) is 10.7. The van der Waals surface area contributed by atoms with E-state index in [-0.39, 0.29) is 5.91 Å². The van der Waals surface area contributed by atoms with Crippen LogP contribution in [0.3, 0.4) is 0 Å². The molecule has 0 radical (unpaired) electrons. The second-order valence-corrected chi connectivity index (χ2v) is 7.73. The number of nitrogens with zero attached hydrogens (tertiary/aromatic N) is 3. The number of carbonyl (C=O) groups is 1. The summed E-state index contributed by atoms with van der Waals surface area (Å²) in [6.45, 7) is 6.20. The highest BCUT2D eigenvalue weighted by atomic mass is 16.5. The van der Waals surface area contributed by atoms with Gasteiger partial charge in [-0.15, -0.1) is 0 Å². The monoisotopic (exact) mass is 381 g/mol. The van der Waals surface area contributed by atoms with Gasteiger partial charge < -0.3 is 20.3 Å². The standard InChI is InChI=1S/C20H39N5O2/c1-21-20(23-10-6-5-9-18-7-3-4-8-18)25-14-12-24(13-15-25)17-19(26)22-11-16-27-2/h18H,3-17H2,1-2H3,(H,21,23)(H,22,26). The summed E-state index contributed by atoms with van der Waals surface area (Å²) < 4.78 is 4.95. The van der Waals surface area contributed by atoms with Crippen LogP contribution in [0.25, 0.3) is 0 Å². The lowest BCUT2D eigenvalue weighted by Crippen LogP contribution is -2.54. The molecule has 0 aromatic carbocycles. The van der Waals surface area contributed by atoms with E-state index in [0.717, 1.165) is 44.6 Å². The van der Waals surface area contributed by atoms with Gasteiger partial charge in [-0.05, 0) is 12.3 Å². The first kappa shape index (κ1) is 22.0. The van der Waals surface area contributed by atoms with Gasteiger partial charge in [0.15, 0.2) is 5.96 Å². The van der Waals surface area contributed by atoms with Crippen molar-refractivity contribution in [2.45, 2.75) is 44.9 Å². The molecule has 2 aliphatic rings. The van der Waals surface area contributed by atoms with E-state index in [0.29, 0.717) is 19.7 Å². The van der Waals surface area contributed by atoms with E-state index in [9.17, 15) is 4.79 Å². The molecule has 0 atom stereocenters. The molecule has 7 heteroatoms. The van der Waals surface area contributed by atoms with Gasteiger partial charge >= 0.3 is 0 Å². The lowest BCUT2D eigenvalue weighted by molar-refractivity contribution is -0.122. The quantitative estimate of drug-likeness (QED) is 0.339. The minimum Gasteiger partial charge on any atom is -0.383 e. The van der Waals surface area contributed by atoms with Crippen LogP contribution in [0.2, 0.25) is 0 Å². The summed E-state index contributed by atoms with van der Waals surface area (Å²) in [5.41, 5.74) is 0. The summed E-state index contributed by atoms with van der Waals surface area (Å²) in [5, 5.41) is 6.40. The summed E-state index contributed by atoms with van der Waals surface area (Å²) in [6, 6.07) is 0.